The minimum Gasteiger partial charge on any atom is -0.348 e. The molecule has 0 aliphatic heterocycles. The molecule has 0 aliphatic carbocycles. The third-order valence-electron chi connectivity index (χ3n) is 3.52. The summed E-state index contributed by atoms with van der Waals surface area (Å²) in [5, 5.41) is 15.7. The lowest BCUT2D eigenvalue weighted by atomic mass is 10.1. The van der Waals surface area contributed by atoms with E-state index in [1.54, 1.807) is 12.1 Å². The molecule has 0 radical (unpaired) electrons. The van der Waals surface area contributed by atoms with Crippen LogP contribution in [0.5, 0.6) is 0 Å². The second-order valence-corrected chi connectivity index (χ2v) is 5.79. The summed E-state index contributed by atoms with van der Waals surface area (Å²) >= 11 is 5.87. The molecule has 7 heteroatoms. The number of nitrogens with one attached hydrogen (secondary N) is 1. The monoisotopic (exact) mass is 341 g/mol. The van der Waals surface area contributed by atoms with Crippen LogP contribution in [0, 0.1) is 0 Å². The first kappa shape index (κ1) is 16.1. The number of tetrazole rings is 1. The highest BCUT2D eigenvalue weighted by atomic mass is 35.5. The second-order valence-electron chi connectivity index (χ2n) is 5.35. The van der Waals surface area contributed by atoms with Crippen LogP contribution in [0.3, 0.4) is 0 Å². The van der Waals surface area contributed by atoms with Gasteiger partial charge in [0.25, 0.3) is 0 Å². The number of rotatable bonds is 5. The molecule has 3 rings (SSSR count). The lowest BCUT2D eigenvalue weighted by molar-refractivity contribution is -0.122. The zero-order valence-electron chi connectivity index (χ0n) is 13.1. The van der Waals surface area contributed by atoms with Crippen LogP contribution in [0.4, 0.5) is 0 Å². The van der Waals surface area contributed by atoms with E-state index >= 15 is 0 Å². The number of hydrogen-bond acceptors (Lipinski definition) is 4. The Balaban J connectivity index is 1.61. The Hall–Kier alpha value is -2.73. The Morgan fingerprint density at radius 1 is 1.17 bits per heavy atom. The van der Waals surface area contributed by atoms with Crippen molar-refractivity contribution in [1.29, 1.82) is 0 Å². The number of hydrogen-bond donors (Lipinski definition) is 1. The molecule has 0 saturated carbocycles. The minimum atomic E-state index is -0.186. The number of halogens is 1. The summed E-state index contributed by atoms with van der Waals surface area (Å²) in [6.07, 6.45) is 0. The van der Waals surface area contributed by atoms with E-state index in [4.69, 9.17) is 11.6 Å². The molecule has 2 aromatic carbocycles. The molecule has 24 heavy (non-hydrogen) atoms. The Kier molecular flexibility index (Phi) is 4.86. The standard InChI is InChI=1S/C17H16ClN5O/c1-12(13-7-9-15(18)10-8-13)19-16(24)11-23-21-17(20-22-23)14-5-3-2-4-6-14/h2-10,12H,11H2,1H3,(H,19,24)/t12-/m1/s1. The van der Waals surface area contributed by atoms with E-state index in [1.165, 1.54) is 4.80 Å². The predicted octanol–water partition coefficient (Wildman–Crippen LogP) is 2.87. The maximum atomic E-state index is 12.1. The summed E-state index contributed by atoms with van der Waals surface area (Å²) in [5.74, 6) is 0.309. The van der Waals surface area contributed by atoms with E-state index in [0.29, 0.717) is 10.8 Å². The average Bonchev–Trinajstić information content (AvgIpc) is 3.04. The molecular weight excluding hydrogens is 326 g/mol. The molecule has 0 fully saturated rings. The lowest BCUT2D eigenvalue weighted by Crippen LogP contribution is -2.30. The van der Waals surface area contributed by atoms with Crippen molar-refractivity contribution in [3.05, 3.63) is 65.2 Å². The molecule has 1 aromatic heterocycles. The molecule has 3 aromatic rings. The third kappa shape index (κ3) is 3.97. The molecule has 1 atom stereocenters. The lowest BCUT2D eigenvalue weighted by Gasteiger charge is -2.14. The molecule has 0 spiro atoms. The van der Waals surface area contributed by atoms with Gasteiger partial charge >= 0.3 is 0 Å². The van der Waals surface area contributed by atoms with Gasteiger partial charge < -0.3 is 5.32 Å². The van der Waals surface area contributed by atoms with Crippen molar-refractivity contribution in [1.82, 2.24) is 25.5 Å². The molecule has 0 bridgehead atoms. The average molecular weight is 342 g/mol. The van der Waals surface area contributed by atoms with Crippen LogP contribution >= 0.6 is 11.6 Å². The van der Waals surface area contributed by atoms with Crippen molar-refractivity contribution in [3.63, 3.8) is 0 Å². The summed E-state index contributed by atoms with van der Waals surface area (Å²) in [5.41, 5.74) is 1.84. The number of carbonyl (C=O) groups is 1. The normalized spacial score (nSPS) is 11.9. The van der Waals surface area contributed by atoms with Gasteiger partial charge in [-0.05, 0) is 29.8 Å². The molecule has 0 saturated heterocycles. The molecule has 0 aliphatic rings. The van der Waals surface area contributed by atoms with Gasteiger partial charge in [-0.3, -0.25) is 4.79 Å². The van der Waals surface area contributed by atoms with Crippen molar-refractivity contribution in [2.24, 2.45) is 0 Å². The fraction of sp³-hybridized carbons (Fsp3) is 0.176. The Labute approximate surface area is 144 Å². The van der Waals surface area contributed by atoms with Gasteiger partial charge in [0.2, 0.25) is 11.7 Å². The van der Waals surface area contributed by atoms with Crippen LogP contribution in [0.2, 0.25) is 5.02 Å². The zero-order chi connectivity index (χ0) is 16.9. The van der Waals surface area contributed by atoms with Crippen molar-refractivity contribution in [3.8, 4) is 11.4 Å². The first-order chi connectivity index (χ1) is 11.6. The van der Waals surface area contributed by atoms with Crippen molar-refractivity contribution in [2.45, 2.75) is 19.5 Å². The number of amides is 1. The summed E-state index contributed by atoms with van der Waals surface area (Å²) in [6, 6.07) is 16.7. The summed E-state index contributed by atoms with van der Waals surface area (Å²) < 4.78 is 0. The van der Waals surface area contributed by atoms with Crippen LogP contribution in [-0.2, 0) is 11.3 Å². The van der Waals surface area contributed by atoms with Gasteiger partial charge in [0.15, 0.2) is 0 Å². The van der Waals surface area contributed by atoms with Gasteiger partial charge in [-0.25, -0.2) is 0 Å². The highest BCUT2D eigenvalue weighted by molar-refractivity contribution is 6.30. The number of benzene rings is 2. The second kappa shape index (κ2) is 7.23. The predicted molar refractivity (Wildman–Crippen MR) is 91.3 cm³/mol. The number of nitrogens with zero attached hydrogens (tertiary/aromatic N) is 4. The molecule has 122 valence electrons. The Bertz CT molecular complexity index is 817. The summed E-state index contributed by atoms with van der Waals surface area (Å²) in [4.78, 5) is 13.4. The molecule has 1 N–H and O–H groups in total. The van der Waals surface area contributed by atoms with E-state index in [1.807, 2.05) is 49.4 Å². The quantitative estimate of drug-likeness (QED) is 0.774. The fourth-order valence-electron chi connectivity index (χ4n) is 2.26. The first-order valence-corrected chi connectivity index (χ1v) is 7.87. The fourth-order valence-corrected chi connectivity index (χ4v) is 2.39. The van der Waals surface area contributed by atoms with E-state index in [0.717, 1.165) is 11.1 Å². The van der Waals surface area contributed by atoms with Gasteiger partial charge in [0.1, 0.15) is 6.54 Å². The van der Waals surface area contributed by atoms with Crippen molar-refractivity contribution < 1.29 is 4.79 Å². The summed E-state index contributed by atoms with van der Waals surface area (Å²) in [6.45, 7) is 1.92. The van der Waals surface area contributed by atoms with Gasteiger partial charge in [-0.2, -0.15) is 4.80 Å². The van der Waals surface area contributed by atoms with Gasteiger partial charge in [-0.15, -0.1) is 10.2 Å². The molecule has 1 heterocycles. The van der Waals surface area contributed by atoms with E-state index in [2.05, 4.69) is 20.7 Å². The van der Waals surface area contributed by atoms with Crippen molar-refractivity contribution in [2.75, 3.05) is 0 Å². The SMILES string of the molecule is C[C@@H](NC(=O)Cn1nnc(-c2ccccc2)n1)c1ccc(Cl)cc1. The zero-order valence-corrected chi connectivity index (χ0v) is 13.8. The molecule has 1 amide bonds. The molecular formula is C17H16ClN5O. The molecule has 0 unspecified atom stereocenters. The third-order valence-corrected chi connectivity index (χ3v) is 3.77. The van der Waals surface area contributed by atoms with Crippen LogP contribution in [0.25, 0.3) is 11.4 Å². The smallest absolute Gasteiger partial charge is 0.244 e. The number of carbonyl (C=O) groups excluding carboxylic acids is 1. The van der Waals surface area contributed by atoms with E-state index in [-0.39, 0.29) is 18.5 Å². The van der Waals surface area contributed by atoms with Crippen LogP contribution in [-0.4, -0.2) is 26.1 Å². The minimum absolute atomic E-state index is 0.0117. The highest BCUT2D eigenvalue weighted by Crippen LogP contribution is 2.16. The largest absolute Gasteiger partial charge is 0.348 e. The summed E-state index contributed by atoms with van der Waals surface area (Å²) in [7, 11) is 0. The van der Waals surface area contributed by atoms with Crippen molar-refractivity contribution >= 4 is 17.5 Å². The highest BCUT2D eigenvalue weighted by Gasteiger charge is 2.12. The Morgan fingerprint density at radius 3 is 2.58 bits per heavy atom. The van der Waals surface area contributed by atoms with E-state index < -0.39 is 0 Å². The van der Waals surface area contributed by atoms with Gasteiger partial charge in [-0.1, -0.05) is 54.1 Å². The number of aromatic nitrogens is 4. The Morgan fingerprint density at radius 2 is 1.88 bits per heavy atom. The van der Waals surface area contributed by atoms with Gasteiger partial charge in [0.05, 0.1) is 6.04 Å². The first-order valence-electron chi connectivity index (χ1n) is 7.50. The van der Waals surface area contributed by atoms with Crippen LogP contribution in [0.15, 0.2) is 54.6 Å². The van der Waals surface area contributed by atoms with Crippen LogP contribution in [0.1, 0.15) is 18.5 Å². The maximum Gasteiger partial charge on any atom is 0.244 e. The van der Waals surface area contributed by atoms with E-state index in [9.17, 15) is 4.79 Å². The van der Waals surface area contributed by atoms with Gasteiger partial charge in [0, 0.05) is 10.6 Å². The van der Waals surface area contributed by atoms with Crippen LogP contribution < -0.4 is 5.32 Å². The molecule has 6 nitrogen and oxygen atoms in total. The topological polar surface area (TPSA) is 72.7 Å². The maximum absolute atomic E-state index is 12.1.